The fourth-order valence-corrected chi connectivity index (χ4v) is 2.11. The molecule has 2 N–H and O–H groups in total. The van der Waals surface area contributed by atoms with Crippen LogP contribution in [-0.2, 0) is 11.3 Å². The summed E-state index contributed by atoms with van der Waals surface area (Å²) >= 11 is 1.21. The van der Waals surface area contributed by atoms with E-state index in [1.807, 2.05) is 0 Å². The van der Waals surface area contributed by atoms with Crippen molar-refractivity contribution in [1.82, 2.24) is 25.1 Å². The molecule has 0 aromatic carbocycles. The van der Waals surface area contributed by atoms with Gasteiger partial charge in [-0.15, -0.1) is 11.3 Å². The number of thiazole rings is 1. The maximum Gasteiger partial charge on any atom is 0.273 e. The highest BCUT2D eigenvalue weighted by Crippen LogP contribution is 2.16. The Morgan fingerprint density at radius 2 is 2.32 bits per heavy atom. The van der Waals surface area contributed by atoms with Gasteiger partial charge < -0.3 is 10.2 Å². The zero-order chi connectivity index (χ0) is 13.8. The van der Waals surface area contributed by atoms with E-state index in [-0.39, 0.29) is 17.5 Å². The summed E-state index contributed by atoms with van der Waals surface area (Å²) in [5, 5.41) is 10.9. The minimum absolute atomic E-state index is 0.219. The number of hydrogen-bond acceptors (Lipinski definition) is 6. The quantitative estimate of drug-likeness (QED) is 0.848. The van der Waals surface area contributed by atoms with E-state index >= 15 is 0 Å². The van der Waals surface area contributed by atoms with E-state index in [9.17, 15) is 9.59 Å². The van der Waals surface area contributed by atoms with E-state index in [1.54, 1.807) is 12.4 Å². The van der Waals surface area contributed by atoms with Crippen LogP contribution in [0.1, 0.15) is 23.2 Å². The van der Waals surface area contributed by atoms with Crippen LogP contribution in [0.25, 0.3) is 0 Å². The molecule has 0 bridgehead atoms. The molecule has 0 spiro atoms. The molecule has 2 heterocycles. The molecule has 2 aromatic heterocycles. The monoisotopic (exact) mass is 280 g/mol. The first-order chi connectivity index (χ1) is 9.06. The number of nitrogens with one attached hydrogen (secondary N) is 2. The fourth-order valence-electron chi connectivity index (χ4n) is 1.38. The van der Waals surface area contributed by atoms with Gasteiger partial charge in [-0.2, -0.15) is 5.10 Å². The van der Waals surface area contributed by atoms with E-state index in [2.05, 4.69) is 25.5 Å². The zero-order valence-electron chi connectivity index (χ0n) is 10.4. The van der Waals surface area contributed by atoms with Gasteiger partial charge in [0, 0.05) is 19.4 Å². The predicted molar refractivity (Wildman–Crippen MR) is 68.6 cm³/mol. The van der Waals surface area contributed by atoms with Crippen molar-refractivity contribution in [3.63, 3.8) is 0 Å². The van der Waals surface area contributed by atoms with Crippen LogP contribution in [0, 0.1) is 0 Å². The lowest BCUT2D eigenvalue weighted by molar-refractivity contribution is -0.114. The van der Waals surface area contributed by atoms with E-state index < -0.39 is 0 Å². The molecule has 0 saturated heterocycles. The van der Waals surface area contributed by atoms with Crippen molar-refractivity contribution in [2.75, 3.05) is 12.4 Å². The van der Waals surface area contributed by atoms with Crippen molar-refractivity contribution in [2.24, 2.45) is 0 Å². The molecule has 2 amide bonds. The number of H-pyrrole nitrogens is 1. The van der Waals surface area contributed by atoms with Crippen molar-refractivity contribution in [1.29, 1.82) is 0 Å². The minimum Gasteiger partial charge on any atom is -0.333 e. The van der Waals surface area contributed by atoms with Gasteiger partial charge in [0.2, 0.25) is 5.91 Å². The summed E-state index contributed by atoms with van der Waals surface area (Å²) in [5.41, 5.74) is 0.288. The van der Waals surface area contributed by atoms with Gasteiger partial charge in [-0.3, -0.25) is 14.7 Å². The number of nitrogens with zero attached hydrogens (tertiary/aromatic N) is 4. The number of aromatic amines is 1. The number of hydrogen-bond donors (Lipinski definition) is 2. The van der Waals surface area contributed by atoms with Crippen LogP contribution in [0.5, 0.6) is 0 Å². The molecule has 0 atom stereocenters. The van der Waals surface area contributed by atoms with Crippen molar-refractivity contribution in [3.8, 4) is 0 Å². The highest BCUT2D eigenvalue weighted by Gasteiger charge is 2.16. The Kier molecular flexibility index (Phi) is 3.85. The molecule has 0 fully saturated rings. The molecule has 0 aliphatic heterocycles. The van der Waals surface area contributed by atoms with Gasteiger partial charge in [0.1, 0.15) is 17.8 Å². The Morgan fingerprint density at radius 1 is 1.53 bits per heavy atom. The van der Waals surface area contributed by atoms with Crippen LogP contribution >= 0.6 is 11.3 Å². The summed E-state index contributed by atoms with van der Waals surface area (Å²) < 4.78 is 0. The number of aromatic nitrogens is 4. The molecule has 2 rings (SSSR count). The lowest BCUT2D eigenvalue weighted by Gasteiger charge is -2.13. The molecule has 0 aliphatic carbocycles. The Bertz CT molecular complexity index is 579. The van der Waals surface area contributed by atoms with E-state index in [0.29, 0.717) is 17.5 Å². The van der Waals surface area contributed by atoms with Gasteiger partial charge in [-0.05, 0) is 0 Å². The average molecular weight is 280 g/mol. The van der Waals surface area contributed by atoms with Crippen molar-refractivity contribution >= 4 is 28.3 Å². The Labute approximate surface area is 112 Å². The molecule has 8 nitrogen and oxygen atoms in total. The lowest BCUT2D eigenvalue weighted by atomic mass is 10.4. The zero-order valence-corrected chi connectivity index (χ0v) is 11.2. The predicted octanol–water partition coefficient (Wildman–Crippen LogP) is 0.492. The number of amides is 2. The molecule has 0 aliphatic rings. The summed E-state index contributed by atoms with van der Waals surface area (Å²) in [6.45, 7) is 1.70. The number of anilines is 1. The Hall–Kier alpha value is -2.29. The van der Waals surface area contributed by atoms with Gasteiger partial charge >= 0.3 is 0 Å². The molecule has 2 aromatic rings. The van der Waals surface area contributed by atoms with Crippen molar-refractivity contribution in [3.05, 3.63) is 23.2 Å². The Morgan fingerprint density at radius 3 is 2.95 bits per heavy atom. The van der Waals surface area contributed by atoms with E-state index in [0.717, 1.165) is 0 Å². The second kappa shape index (κ2) is 5.57. The number of carbonyl (C=O) groups is 2. The highest BCUT2D eigenvalue weighted by atomic mass is 32.1. The molecule has 0 saturated carbocycles. The van der Waals surface area contributed by atoms with Gasteiger partial charge in [0.15, 0.2) is 5.13 Å². The van der Waals surface area contributed by atoms with Crippen LogP contribution in [0.4, 0.5) is 5.13 Å². The SMILES string of the molecule is CC(=O)Nc1nc(C(=O)N(C)Cc2ncn[nH]2)cs1. The summed E-state index contributed by atoms with van der Waals surface area (Å²) in [5.74, 6) is 0.126. The third kappa shape index (κ3) is 3.35. The maximum absolute atomic E-state index is 12.1. The van der Waals surface area contributed by atoms with Crippen LogP contribution in [0.15, 0.2) is 11.7 Å². The Balaban J connectivity index is 2.02. The molecule has 100 valence electrons. The topological polar surface area (TPSA) is 104 Å². The summed E-state index contributed by atoms with van der Waals surface area (Å²) in [4.78, 5) is 32.4. The first kappa shape index (κ1) is 13.1. The van der Waals surface area contributed by atoms with Gasteiger partial charge in [0.25, 0.3) is 5.91 Å². The molecule has 9 heteroatoms. The summed E-state index contributed by atoms with van der Waals surface area (Å²) in [6.07, 6.45) is 1.38. The molecule has 0 unspecified atom stereocenters. The van der Waals surface area contributed by atoms with Crippen LogP contribution in [0.3, 0.4) is 0 Å². The van der Waals surface area contributed by atoms with E-state index in [1.165, 1.54) is 29.5 Å². The summed E-state index contributed by atoms with van der Waals surface area (Å²) in [6, 6.07) is 0. The van der Waals surface area contributed by atoms with Crippen LogP contribution in [-0.4, -0.2) is 43.9 Å². The van der Waals surface area contributed by atoms with E-state index in [4.69, 9.17) is 0 Å². The molecule has 19 heavy (non-hydrogen) atoms. The van der Waals surface area contributed by atoms with Crippen molar-refractivity contribution in [2.45, 2.75) is 13.5 Å². The third-order valence-electron chi connectivity index (χ3n) is 2.20. The van der Waals surface area contributed by atoms with Crippen LogP contribution in [0.2, 0.25) is 0 Å². The average Bonchev–Trinajstić information content (AvgIpc) is 2.98. The summed E-state index contributed by atoms with van der Waals surface area (Å²) in [7, 11) is 1.64. The lowest BCUT2D eigenvalue weighted by Crippen LogP contribution is -2.27. The first-order valence-corrected chi connectivity index (χ1v) is 6.27. The normalized spacial score (nSPS) is 10.2. The molecule has 0 radical (unpaired) electrons. The first-order valence-electron chi connectivity index (χ1n) is 5.39. The van der Waals surface area contributed by atoms with Gasteiger partial charge in [-0.25, -0.2) is 9.97 Å². The minimum atomic E-state index is -0.246. The van der Waals surface area contributed by atoms with Gasteiger partial charge in [0.05, 0.1) is 6.54 Å². The highest BCUT2D eigenvalue weighted by molar-refractivity contribution is 7.14. The smallest absolute Gasteiger partial charge is 0.273 e. The third-order valence-corrected chi connectivity index (χ3v) is 2.96. The maximum atomic E-state index is 12.1. The second-order valence-electron chi connectivity index (χ2n) is 3.81. The number of rotatable bonds is 4. The van der Waals surface area contributed by atoms with Gasteiger partial charge in [-0.1, -0.05) is 0 Å². The molecular formula is C10H12N6O2S. The molecular weight excluding hydrogens is 268 g/mol. The second-order valence-corrected chi connectivity index (χ2v) is 4.67. The number of carbonyl (C=O) groups excluding carboxylic acids is 2. The fraction of sp³-hybridized carbons (Fsp3) is 0.300. The van der Waals surface area contributed by atoms with Crippen LogP contribution < -0.4 is 5.32 Å². The standard InChI is InChI=1S/C10H12N6O2S/c1-6(17)13-10-14-7(4-19-10)9(18)16(2)3-8-11-5-12-15-8/h4-5H,3H2,1-2H3,(H,11,12,15)(H,13,14,17). The van der Waals surface area contributed by atoms with Crippen molar-refractivity contribution < 1.29 is 9.59 Å². The largest absolute Gasteiger partial charge is 0.333 e.